The first-order valence-electron chi connectivity index (χ1n) is 5.63. The quantitative estimate of drug-likeness (QED) is 0.695. The first-order valence-corrected chi connectivity index (χ1v) is 5.63. The predicted octanol–water partition coefficient (Wildman–Crippen LogP) is 1.68. The van der Waals surface area contributed by atoms with Crippen molar-refractivity contribution in [3.8, 4) is 0 Å². The second kappa shape index (κ2) is 3.58. The van der Waals surface area contributed by atoms with Crippen LogP contribution in [0.5, 0.6) is 0 Å². The molecule has 2 N–H and O–H groups in total. The number of rotatable bonds is 4. The van der Waals surface area contributed by atoms with E-state index >= 15 is 0 Å². The Bertz CT molecular complexity index is 173. The number of nitrogens with one attached hydrogen (secondary N) is 1. The molecule has 0 aromatic rings. The lowest BCUT2D eigenvalue weighted by atomic mass is 9.95. The zero-order valence-corrected chi connectivity index (χ0v) is 8.55. The Balaban J connectivity index is 1.88. The van der Waals surface area contributed by atoms with Crippen LogP contribution in [0.4, 0.5) is 0 Å². The van der Waals surface area contributed by atoms with E-state index in [0.29, 0.717) is 12.6 Å². The molecule has 1 atom stereocenters. The van der Waals surface area contributed by atoms with E-state index in [1.54, 1.807) is 0 Å². The third-order valence-electron chi connectivity index (χ3n) is 3.70. The van der Waals surface area contributed by atoms with E-state index in [2.05, 4.69) is 12.2 Å². The van der Waals surface area contributed by atoms with Crippen molar-refractivity contribution in [2.75, 3.05) is 6.61 Å². The maximum absolute atomic E-state index is 9.39. The largest absolute Gasteiger partial charge is 0.394 e. The summed E-state index contributed by atoms with van der Waals surface area (Å²) in [6, 6.07) is 0.678. The summed E-state index contributed by atoms with van der Waals surface area (Å²) < 4.78 is 0. The third kappa shape index (κ3) is 2.05. The molecule has 2 heteroatoms. The van der Waals surface area contributed by atoms with Gasteiger partial charge in [-0.25, -0.2) is 0 Å². The zero-order valence-electron chi connectivity index (χ0n) is 8.55. The number of aliphatic hydroxyl groups excluding tert-OH is 1. The lowest BCUT2D eigenvalue weighted by Crippen LogP contribution is -2.51. The fraction of sp³-hybridized carbons (Fsp3) is 1.00. The highest BCUT2D eigenvalue weighted by Gasteiger charge is 2.42. The average Bonchev–Trinajstić information content (AvgIpc) is 2.88. The van der Waals surface area contributed by atoms with Crippen LogP contribution in [-0.2, 0) is 0 Å². The third-order valence-corrected chi connectivity index (χ3v) is 3.70. The summed E-state index contributed by atoms with van der Waals surface area (Å²) in [6.45, 7) is 2.48. The summed E-state index contributed by atoms with van der Waals surface area (Å²) in [5.74, 6) is 0.734. The van der Waals surface area contributed by atoms with Crippen molar-refractivity contribution in [2.45, 2.75) is 57.0 Å². The molecule has 0 radical (unpaired) electrons. The van der Waals surface area contributed by atoms with Gasteiger partial charge in [0.15, 0.2) is 0 Å². The predicted molar refractivity (Wildman–Crippen MR) is 53.6 cm³/mol. The van der Waals surface area contributed by atoms with Crippen molar-refractivity contribution in [3.63, 3.8) is 0 Å². The smallest absolute Gasteiger partial charge is 0.0613 e. The molecule has 13 heavy (non-hydrogen) atoms. The number of aliphatic hydroxyl groups is 1. The van der Waals surface area contributed by atoms with E-state index in [1.807, 2.05) is 0 Å². The number of hydrogen-bond acceptors (Lipinski definition) is 2. The van der Waals surface area contributed by atoms with Gasteiger partial charge in [0.25, 0.3) is 0 Å². The molecule has 0 aromatic carbocycles. The lowest BCUT2D eigenvalue weighted by Gasteiger charge is -2.32. The molecule has 1 unspecified atom stereocenters. The second-order valence-electron chi connectivity index (χ2n) is 4.98. The molecular formula is C11H21NO. The van der Waals surface area contributed by atoms with Crippen LogP contribution in [0.25, 0.3) is 0 Å². The van der Waals surface area contributed by atoms with Gasteiger partial charge in [-0.1, -0.05) is 12.8 Å². The van der Waals surface area contributed by atoms with E-state index in [9.17, 15) is 5.11 Å². The van der Waals surface area contributed by atoms with E-state index in [-0.39, 0.29) is 5.54 Å². The van der Waals surface area contributed by atoms with Crippen molar-refractivity contribution >= 4 is 0 Å². The first kappa shape index (κ1) is 9.47. The van der Waals surface area contributed by atoms with Crippen LogP contribution in [0.2, 0.25) is 0 Å². The Hall–Kier alpha value is -0.0800. The van der Waals surface area contributed by atoms with Gasteiger partial charge in [-0.15, -0.1) is 0 Å². The molecular weight excluding hydrogens is 162 g/mol. The highest BCUT2D eigenvalue weighted by Crippen LogP contribution is 2.40. The van der Waals surface area contributed by atoms with Crippen LogP contribution in [0.3, 0.4) is 0 Å². The molecule has 0 amide bonds. The summed E-state index contributed by atoms with van der Waals surface area (Å²) in [5, 5.41) is 13.0. The molecule has 2 nitrogen and oxygen atoms in total. The van der Waals surface area contributed by atoms with E-state index in [1.165, 1.54) is 38.5 Å². The summed E-state index contributed by atoms with van der Waals surface area (Å²) >= 11 is 0. The van der Waals surface area contributed by atoms with Gasteiger partial charge < -0.3 is 10.4 Å². The Labute approximate surface area is 80.7 Å². The van der Waals surface area contributed by atoms with E-state index in [4.69, 9.17) is 0 Å². The summed E-state index contributed by atoms with van der Waals surface area (Å²) in [6.07, 6.45) is 7.95. The van der Waals surface area contributed by atoms with Gasteiger partial charge >= 0.3 is 0 Å². The van der Waals surface area contributed by atoms with Crippen molar-refractivity contribution in [2.24, 2.45) is 5.92 Å². The molecule has 2 rings (SSSR count). The van der Waals surface area contributed by atoms with Gasteiger partial charge in [0.05, 0.1) is 6.61 Å². The standard InChI is InChI=1S/C11H21NO/c1-11(8-13,9-6-7-9)12-10-4-2-3-5-10/h9-10,12-13H,2-8H2,1H3. The fourth-order valence-corrected chi connectivity index (χ4v) is 2.55. The highest BCUT2D eigenvalue weighted by molar-refractivity contribution is 4.99. The van der Waals surface area contributed by atoms with Crippen LogP contribution in [0, 0.1) is 5.92 Å². The molecule has 0 saturated heterocycles. The van der Waals surface area contributed by atoms with Crippen molar-refractivity contribution in [1.82, 2.24) is 5.32 Å². The Kier molecular flexibility index (Phi) is 2.61. The summed E-state index contributed by atoms with van der Waals surface area (Å²) in [7, 11) is 0. The molecule has 0 bridgehead atoms. The molecule has 0 spiro atoms. The zero-order chi connectivity index (χ0) is 9.31. The average molecular weight is 183 g/mol. The van der Waals surface area contributed by atoms with Crippen LogP contribution in [0.1, 0.15) is 45.4 Å². The van der Waals surface area contributed by atoms with Crippen molar-refractivity contribution < 1.29 is 5.11 Å². The molecule has 2 fully saturated rings. The monoisotopic (exact) mass is 183 g/mol. The van der Waals surface area contributed by atoms with Crippen LogP contribution in [-0.4, -0.2) is 23.3 Å². The molecule has 0 aliphatic heterocycles. The molecule has 2 aliphatic rings. The molecule has 2 saturated carbocycles. The van der Waals surface area contributed by atoms with Crippen LogP contribution < -0.4 is 5.32 Å². The van der Waals surface area contributed by atoms with Gasteiger partial charge in [0, 0.05) is 11.6 Å². The van der Waals surface area contributed by atoms with Gasteiger partial charge in [-0.3, -0.25) is 0 Å². The first-order chi connectivity index (χ1) is 6.24. The highest BCUT2D eigenvalue weighted by atomic mass is 16.3. The van der Waals surface area contributed by atoms with Crippen LogP contribution >= 0.6 is 0 Å². The molecule has 76 valence electrons. The molecule has 0 aromatic heterocycles. The second-order valence-corrected chi connectivity index (χ2v) is 4.98. The lowest BCUT2D eigenvalue weighted by molar-refractivity contribution is 0.142. The minimum Gasteiger partial charge on any atom is -0.394 e. The van der Waals surface area contributed by atoms with E-state index in [0.717, 1.165) is 5.92 Å². The fourth-order valence-electron chi connectivity index (χ4n) is 2.55. The van der Waals surface area contributed by atoms with E-state index < -0.39 is 0 Å². The summed E-state index contributed by atoms with van der Waals surface area (Å²) in [4.78, 5) is 0. The van der Waals surface area contributed by atoms with Gasteiger partial charge in [0.1, 0.15) is 0 Å². The van der Waals surface area contributed by atoms with Gasteiger partial charge in [-0.05, 0) is 38.5 Å². The van der Waals surface area contributed by atoms with Crippen molar-refractivity contribution in [1.29, 1.82) is 0 Å². The maximum atomic E-state index is 9.39. The Morgan fingerprint density at radius 2 is 1.85 bits per heavy atom. The van der Waals surface area contributed by atoms with Gasteiger partial charge in [-0.2, -0.15) is 0 Å². The topological polar surface area (TPSA) is 32.3 Å². The van der Waals surface area contributed by atoms with Gasteiger partial charge in [0.2, 0.25) is 0 Å². The van der Waals surface area contributed by atoms with Crippen molar-refractivity contribution in [3.05, 3.63) is 0 Å². The Morgan fingerprint density at radius 1 is 1.23 bits per heavy atom. The minimum atomic E-state index is 0.0228. The normalized spacial score (nSPS) is 29.1. The summed E-state index contributed by atoms with van der Waals surface area (Å²) in [5.41, 5.74) is 0.0228. The SMILES string of the molecule is CC(CO)(NC1CCCC1)C1CC1. The minimum absolute atomic E-state index is 0.0228. The Morgan fingerprint density at radius 3 is 2.31 bits per heavy atom. The number of hydrogen-bond donors (Lipinski definition) is 2. The maximum Gasteiger partial charge on any atom is 0.0613 e. The molecule has 0 heterocycles. The molecule has 2 aliphatic carbocycles. The van der Waals surface area contributed by atoms with Crippen LogP contribution in [0.15, 0.2) is 0 Å².